The van der Waals surface area contributed by atoms with Crippen LogP contribution in [0.5, 0.6) is 0 Å². The third-order valence-corrected chi connectivity index (χ3v) is 2.91. The molecule has 1 spiro atoms. The molecule has 0 aliphatic heterocycles. The second kappa shape index (κ2) is 2.22. The average Bonchev–Trinajstić information content (AvgIpc) is 2.56. The maximum Gasteiger partial charge on any atom is 0.244 e. The first kappa shape index (κ1) is 8.04. The fourth-order valence-corrected chi connectivity index (χ4v) is 1.87. The SMILES string of the molecule is CS(=O)(=O)NN=C1CC2(CC2)C1. The van der Waals surface area contributed by atoms with Crippen LogP contribution in [0.3, 0.4) is 0 Å². The summed E-state index contributed by atoms with van der Waals surface area (Å²) in [6, 6.07) is 0. The number of hydrazone groups is 1. The summed E-state index contributed by atoms with van der Waals surface area (Å²) in [4.78, 5) is 2.15. The highest BCUT2D eigenvalue weighted by molar-refractivity contribution is 7.88. The molecule has 0 aromatic carbocycles. The largest absolute Gasteiger partial charge is 0.244 e. The van der Waals surface area contributed by atoms with Crippen molar-refractivity contribution >= 4 is 15.7 Å². The van der Waals surface area contributed by atoms with Crippen molar-refractivity contribution in [2.45, 2.75) is 25.7 Å². The Labute approximate surface area is 72.1 Å². The second-order valence-corrected chi connectivity index (χ2v) is 5.62. The summed E-state index contributed by atoms with van der Waals surface area (Å²) in [7, 11) is -3.15. The third kappa shape index (κ3) is 1.60. The molecule has 68 valence electrons. The van der Waals surface area contributed by atoms with Crippen LogP contribution in [0.15, 0.2) is 5.10 Å². The Morgan fingerprint density at radius 1 is 1.42 bits per heavy atom. The van der Waals surface area contributed by atoms with Gasteiger partial charge in [0.2, 0.25) is 10.0 Å². The van der Waals surface area contributed by atoms with Crippen LogP contribution in [-0.2, 0) is 10.0 Å². The quantitative estimate of drug-likeness (QED) is 0.640. The first-order chi connectivity index (χ1) is 5.49. The standard InChI is InChI=1S/C7H12N2O2S/c1-12(10,11)9-8-6-4-7(5-6)2-3-7/h9H,2-5H2,1H3. The van der Waals surface area contributed by atoms with Crippen LogP contribution >= 0.6 is 0 Å². The third-order valence-electron chi connectivity index (χ3n) is 2.48. The molecule has 2 saturated carbocycles. The van der Waals surface area contributed by atoms with Crippen LogP contribution in [0.2, 0.25) is 0 Å². The zero-order valence-corrected chi connectivity index (χ0v) is 7.82. The van der Waals surface area contributed by atoms with E-state index in [0.717, 1.165) is 24.8 Å². The molecule has 4 nitrogen and oxygen atoms in total. The fraction of sp³-hybridized carbons (Fsp3) is 0.857. The van der Waals surface area contributed by atoms with Crippen molar-refractivity contribution in [3.05, 3.63) is 0 Å². The van der Waals surface area contributed by atoms with E-state index in [4.69, 9.17) is 0 Å². The molecule has 0 amide bonds. The minimum absolute atomic E-state index is 0.554. The van der Waals surface area contributed by atoms with Crippen LogP contribution < -0.4 is 4.83 Å². The normalized spacial score (nSPS) is 24.9. The van der Waals surface area contributed by atoms with E-state index in [1.165, 1.54) is 12.8 Å². The van der Waals surface area contributed by atoms with Gasteiger partial charge < -0.3 is 0 Å². The van der Waals surface area contributed by atoms with E-state index in [9.17, 15) is 8.42 Å². The lowest BCUT2D eigenvalue weighted by molar-refractivity contribution is 0.477. The highest BCUT2D eigenvalue weighted by Crippen LogP contribution is 2.59. The second-order valence-electron chi connectivity index (χ2n) is 3.90. The molecule has 5 heteroatoms. The Hall–Kier alpha value is -0.580. The summed E-state index contributed by atoms with van der Waals surface area (Å²) in [5, 5.41) is 3.82. The zero-order valence-electron chi connectivity index (χ0n) is 7.00. The van der Waals surface area contributed by atoms with E-state index >= 15 is 0 Å². The van der Waals surface area contributed by atoms with Gasteiger partial charge in [-0.2, -0.15) is 5.10 Å². The number of hydrogen-bond donors (Lipinski definition) is 1. The van der Waals surface area contributed by atoms with Gasteiger partial charge in [0.1, 0.15) is 0 Å². The smallest absolute Gasteiger partial charge is 0.206 e. The lowest BCUT2D eigenvalue weighted by Crippen LogP contribution is -2.28. The van der Waals surface area contributed by atoms with Crippen molar-refractivity contribution < 1.29 is 8.42 Å². The molecule has 2 rings (SSSR count). The molecule has 1 N–H and O–H groups in total. The van der Waals surface area contributed by atoms with Gasteiger partial charge in [0.05, 0.1) is 6.26 Å². The van der Waals surface area contributed by atoms with Crippen LogP contribution in [0.25, 0.3) is 0 Å². The monoisotopic (exact) mass is 188 g/mol. The van der Waals surface area contributed by atoms with E-state index in [1.807, 2.05) is 0 Å². The molecule has 2 aliphatic rings. The lowest BCUT2D eigenvalue weighted by atomic mass is 9.80. The van der Waals surface area contributed by atoms with Crippen molar-refractivity contribution in [1.82, 2.24) is 4.83 Å². The van der Waals surface area contributed by atoms with E-state index in [2.05, 4.69) is 9.93 Å². The molecule has 0 atom stereocenters. The number of nitrogens with zero attached hydrogens (tertiary/aromatic N) is 1. The van der Waals surface area contributed by atoms with Crippen molar-refractivity contribution in [2.24, 2.45) is 10.5 Å². The van der Waals surface area contributed by atoms with Crippen molar-refractivity contribution in [3.63, 3.8) is 0 Å². The topological polar surface area (TPSA) is 58.5 Å². The summed E-state index contributed by atoms with van der Waals surface area (Å²) >= 11 is 0. The molecule has 0 aromatic rings. The molecule has 0 bridgehead atoms. The number of hydrogen-bond acceptors (Lipinski definition) is 3. The molecular weight excluding hydrogens is 176 g/mol. The van der Waals surface area contributed by atoms with E-state index < -0.39 is 10.0 Å². The van der Waals surface area contributed by atoms with Crippen LogP contribution in [0, 0.1) is 5.41 Å². The summed E-state index contributed by atoms with van der Waals surface area (Å²) < 4.78 is 21.3. The van der Waals surface area contributed by atoms with Gasteiger partial charge in [-0.15, -0.1) is 0 Å². The van der Waals surface area contributed by atoms with Gasteiger partial charge in [0.25, 0.3) is 0 Å². The molecular formula is C7H12N2O2S. The molecule has 0 aromatic heterocycles. The molecule has 2 aliphatic carbocycles. The van der Waals surface area contributed by atoms with E-state index in [1.54, 1.807) is 0 Å². The van der Waals surface area contributed by atoms with Gasteiger partial charge in [-0.1, -0.05) is 0 Å². The number of nitrogens with one attached hydrogen (secondary N) is 1. The van der Waals surface area contributed by atoms with Gasteiger partial charge >= 0.3 is 0 Å². The molecule has 2 fully saturated rings. The Bertz CT molecular complexity index is 317. The molecule has 0 unspecified atom stereocenters. The molecule has 0 saturated heterocycles. The van der Waals surface area contributed by atoms with Gasteiger partial charge in [-0.05, 0) is 31.1 Å². The maximum atomic E-state index is 10.6. The predicted octanol–water partition coefficient (Wildman–Crippen LogP) is 0.466. The van der Waals surface area contributed by atoms with Gasteiger partial charge in [-0.3, -0.25) is 0 Å². The van der Waals surface area contributed by atoms with Crippen molar-refractivity contribution in [3.8, 4) is 0 Å². The predicted molar refractivity (Wildman–Crippen MR) is 46.3 cm³/mol. The minimum atomic E-state index is -3.15. The molecule has 0 radical (unpaired) electrons. The highest BCUT2D eigenvalue weighted by atomic mass is 32.2. The Morgan fingerprint density at radius 3 is 2.42 bits per heavy atom. The van der Waals surface area contributed by atoms with Crippen molar-refractivity contribution in [2.75, 3.05) is 6.26 Å². The Kier molecular flexibility index (Phi) is 1.49. The average molecular weight is 188 g/mol. The lowest BCUT2D eigenvalue weighted by Gasteiger charge is -2.26. The van der Waals surface area contributed by atoms with Gasteiger partial charge in [0, 0.05) is 5.71 Å². The van der Waals surface area contributed by atoms with Gasteiger partial charge in [0.15, 0.2) is 0 Å². The van der Waals surface area contributed by atoms with E-state index in [-0.39, 0.29) is 0 Å². The van der Waals surface area contributed by atoms with Crippen LogP contribution in [0.4, 0.5) is 0 Å². The first-order valence-electron chi connectivity index (χ1n) is 4.01. The Balaban J connectivity index is 1.87. The van der Waals surface area contributed by atoms with Crippen molar-refractivity contribution in [1.29, 1.82) is 0 Å². The first-order valence-corrected chi connectivity index (χ1v) is 5.91. The number of sulfonamides is 1. The number of rotatable bonds is 2. The summed E-state index contributed by atoms with van der Waals surface area (Å²) in [6.07, 6.45) is 5.70. The summed E-state index contributed by atoms with van der Waals surface area (Å²) in [6.45, 7) is 0. The highest BCUT2D eigenvalue weighted by Gasteiger charge is 2.51. The fourth-order valence-electron chi connectivity index (χ4n) is 1.57. The molecule has 12 heavy (non-hydrogen) atoms. The van der Waals surface area contributed by atoms with Gasteiger partial charge in [-0.25, -0.2) is 13.2 Å². The van der Waals surface area contributed by atoms with Crippen LogP contribution in [0.1, 0.15) is 25.7 Å². The van der Waals surface area contributed by atoms with E-state index in [0.29, 0.717) is 5.41 Å². The summed E-state index contributed by atoms with van der Waals surface area (Å²) in [5.74, 6) is 0. The maximum absolute atomic E-state index is 10.6. The summed E-state index contributed by atoms with van der Waals surface area (Å²) in [5.41, 5.74) is 1.55. The van der Waals surface area contributed by atoms with Crippen LogP contribution in [-0.4, -0.2) is 20.4 Å². The minimum Gasteiger partial charge on any atom is -0.206 e. The zero-order chi connectivity index (χ0) is 8.82. The Morgan fingerprint density at radius 2 is 2.00 bits per heavy atom. The molecule has 0 heterocycles.